The highest BCUT2D eigenvalue weighted by Gasteiger charge is 2.33. The second-order valence-electron chi connectivity index (χ2n) is 8.09. The summed E-state index contributed by atoms with van der Waals surface area (Å²) in [5.74, 6) is -0.341. The number of benzene rings is 1. The van der Waals surface area contributed by atoms with E-state index in [1.807, 2.05) is 0 Å². The van der Waals surface area contributed by atoms with Gasteiger partial charge in [0.05, 0.1) is 15.8 Å². The molecule has 1 heterocycles. The quantitative estimate of drug-likeness (QED) is 0.744. The van der Waals surface area contributed by atoms with Crippen LogP contribution in [0.5, 0.6) is 11.8 Å². The zero-order chi connectivity index (χ0) is 21.4. The van der Waals surface area contributed by atoms with E-state index >= 15 is 0 Å². The fraction of sp³-hybridized carbons (Fsp3) is 0.611. The van der Waals surface area contributed by atoms with Gasteiger partial charge in [-0.2, -0.15) is 4.98 Å². The van der Waals surface area contributed by atoms with Crippen molar-refractivity contribution in [3.8, 4) is 11.8 Å². The van der Waals surface area contributed by atoms with Gasteiger partial charge in [-0.05, 0) is 58.6 Å². The minimum Gasteiger partial charge on any atom is -0.461 e. The van der Waals surface area contributed by atoms with Gasteiger partial charge in [0, 0.05) is 12.1 Å². The fourth-order valence-electron chi connectivity index (χ4n) is 3.07. The molecule has 2 N–H and O–H groups in total. The van der Waals surface area contributed by atoms with E-state index in [9.17, 15) is 21.6 Å². The van der Waals surface area contributed by atoms with Gasteiger partial charge < -0.3 is 14.5 Å². The summed E-state index contributed by atoms with van der Waals surface area (Å²) >= 11 is 0. The van der Waals surface area contributed by atoms with Gasteiger partial charge >= 0.3 is 6.36 Å². The molecular weight excluding hydrogens is 411 g/mol. The average molecular weight is 435 g/mol. The third-order valence-corrected chi connectivity index (χ3v) is 7.00. The van der Waals surface area contributed by atoms with Crippen molar-refractivity contribution < 1.29 is 31.1 Å². The minimum absolute atomic E-state index is 0.142. The van der Waals surface area contributed by atoms with Crippen molar-refractivity contribution in [3.05, 3.63) is 18.2 Å². The Balaban J connectivity index is 1.58. The number of aromatic amines is 1. The topological polar surface area (TPSA) is 93.3 Å². The highest BCUT2D eigenvalue weighted by atomic mass is 32.2. The number of H-pyrrole nitrogens is 1. The smallest absolute Gasteiger partial charge is 0.461 e. The molecule has 3 rings (SSSR count). The number of imidazole rings is 1. The first-order valence-electron chi connectivity index (χ1n) is 9.26. The number of ether oxygens (including phenoxy) is 2. The molecule has 0 radical (unpaired) electrons. The standard InChI is InChI=1S/C18H24F3N3O4S/c1-17(2,3)29(25,26)24-11-4-6-12(7-5-11)27-16-22-14-9-8-13(10-15(14)23-16)28-18(19,20)21/h8-12,24H,4-7H2,1-3H3,(H,22,23). The zero-order valence-corrected chi connectivity index (χ0v) is 17.2. The number of sulfonamides is 1. The molecule has 1 aromatic heterocycles. The van der Waals surface area contributed by atoms with E-state index < -0.39 is 21.1 Å². The van der Waals surface area contributed by atoms with Crippen LogP contribution >= 0.6 is 0 Å². The Morgan fingerprint density at radius 1 is 1.14 bits per heavy atom. The van der Waals surface area contributed by atoms with Crippen molar-refractivity contribution in [2.24, 2.45) is 0 Å². The summed E-state index contributed by atoms with van der Waals surface area (Å²) in [6, 6.07) is 3.88. The number of rotatable bonds is 5. The Hall–Kier alpha value is -2.01. The van der Waals surface area contributed by atoms with E-state index in [1.165, 1.54) is 18.2 Å². The van der Waals surface area contributed by atoms with Crippen molar-refractivity contribution in [1.29, 1.82) is 0 Å². The molecule has 29 heavy (non-hydrogen) atoms. The normalized spacial score (nSPS) is 21.3. The molecule has 0 amide bonds. The van der Waals surface area contributed by atoms with Crippen LogP contribution in [0.25, 0.3) is 11.0 Å². The van der Waals surface area contributed by atoms with E-state index in [2.05, 4.69) is 19.4 Å². The van der Waals surface area contributed by atoms with E-state index in [-0.39, 0.29) is 23.9 Å². The molecule has 1 aliphatic rings. The summed E-state index contributed by atoms with van der Waals surface area (Å²) in [7, 11) is -3.41. The molecule has 2 aromatic rings. The first-order valence-corrected chi connectivity index (χ1v) is 10.7. The molecule has 7 nitrogen and oxygen atoms in total. The van der Waals surface area contributed by atoms with Crippen molar-refractivity contribution in [3.63, 3.8) is 0 Å². The van der Waals surface area contributed by atoms with Gasteiger partial charge in [0.2, 0.25) is 10.0 Å². The Bertz CT molecular complexity index is 959. The van der Waals surface area contributed by atoms with Gasteiger partial charge in [-0.1, -0.05) is 0 Å². The largest absolute Gasteiger partial charge is 0.573 e. The van der Waals surface area contributed by atoms with Crippen LogP contribution < -0.4 is 14.2 Å². The lowest BCUT2D eigenvalue weighted by Gasteiger charge is -2.31. The van der Waals surface area contributed by atoms with Crippen LogP contribution in [0.2, 0.25) is 0 Å². The molecule has 0 aliphatic heterocycles. The van der Waals surface area contributed by atoms with Crippen LogP contribution in [0.4, 0.5) is 13.2 Å². The van der Waals surface area contributed by atoms with Crippen molar-refractivity contribution in [2.75, 3.05) is 0 Å². The molecule has 162 valence electrons. The SMILES string of the molecule is CC(C)(C)S(=O)(=O)NC1CCC(Oc2nc3ccc(OC(F)(F)F)cc3[nH]2)CC1. The maximum atomic E-state index is 12.3. The maximum absolute atomic E-state index is 12.3. The number of halogens is 3. The number of nitrogens with zero attached hydrogens (tertiary/aromatic N) is 1. The van der Waals surface area contributed by atoms with E-state index in [0.29, 0.717) is 36.7 Å². The van der Waals surface area contributed by atoms with Crippen LogP contribution in [0, 0.1) is 0 Å². The average Bonchev–Trinajstić information content (AvgIpc) is 2.95. The number of hydrogen-bond acceptors (Lipinski definition) is 5. The highest BCUT2D eigenvalue weighted by molar-refractivity contribution is 7.90. The summed E-state index contributed by atoms with van der Waals surface area (Å²) in [5, 5.41) is 0. The Kier molecular flexibility index (Phi) is 5.74. The van der Waals surface area contributed by atoms with Crippen LogP contribution in [0.3, 0.4) is 0 Å². The van der Waals surface area contributed by atoms with Crippen LogP contribution in [0.1, 0.15) is 46.5 Å². The van der Waals surface area contributed by atoms with E-state index in [0.717, 1.165) is 0 Å². The first kappa shape index (κ1) is 21.7. The number of nitrogens with one attached hydrogen (secondary N) is 2. The van der Waals surface area contributed by atoms with Gasteiger partial charge in [-0.3, -0.25) is 0 Å². The summed E-state index contributed by atoms with van der Waals surface area (Å²) in [6.07, 6.45) is -2.39. The van der Waals surface area contributed by atoms with Crippen molar-refractivity contribution >= 4 is 21.1 Å². The predicted octanol–water partition coefficient (Wildman–Crippen LogP) is 3.87. The molecule has 0 atom stereocenters. The molecule has 0 spiro atoms. The molecule has 0 unspecified atom stereocenters. The molecule has 1 aliphatic carbocycles. The third-order valence-electron chi connectivity index (χ3n) is 4.75. The number of alkyl halides is 3. The van der Waals surface area contributed by atoms with Gasteiger partial charge in [-0.15, -0.1) is 13.2 Å². The lowest BCUT2D eigenvalue weighted by atomic mass is 9.94. The van der Waals surface area contributed by atoms with E-state index in [4.69, 9.17) is 4.74 Å². The van der Waals surface area contributed by atoms with Gasteiger partial charge in [0.25, 0.3) is 6.01 Å². The monoisotopic (exact) mass is 435 g/mol. The Labute approximate surface area is 167 Å². The Morgan fingerprint density at radius 2 is 1.79 bits per heavy atom. The molecule has 11 heteroatoms. The molecule has 1 fully saturated rings. The first-order chi connectivity index (χ1) is 13.3. The molecular formula is C18H24F3N3O4S. The minimum atomic E-state index is -4.76. The lowest BCUT2D eigenvalue weighted by Crippen LogP contribution is -2.46. The highest BCUT2D eigenvalue weighted by Crippen LogP contribution is 2.29. The Morgan fingerprint density at radius 3 is 2.38 bits per heavy atom. The lowest BCUT2D eigenvalue weighted by molar-refractivity contribution is -0.274. The summed E-state index contributed by atoms with van der Waals surface area (Å²) in [6.45, 7) is 4.95. The second-order valence-corrected chi connectivity index (χ2v) is 10.6. The number of aromatic nitrogens is 2. The van der Waals surface area contributed by atoms with Gasteiger partial charge in [0.1, 0.15) is 11.9 Å². The van der Waals surface area contributed by atoms with Crippen LogP contribution in [0.15, 0.2) is 18.2 Å². The maximum Gasteiger partial charge on any atom is 0.573 e. The summed E-state index contributed by atoms with van der Waals surface area (Å²) in [5.41, 5.74) is 0.828. The van der Waals surface area contributed by atoms with Gasteiger partial charge in [-0.25, -0.2) is 13.1 Å². The van der Waals surface area contributed by atoms with Crippen LogP contribution in [-0.2, 0) is 10.0 Å². The summed E-state index contributed by atoms with van der Waals surface area (Å²) in [4.78, 5) is 7.08. The molecule has 1 aromatic carbocycles. The molecule has 0 saturated heterocycles. The fourth-order valence-corrected chi connectivity index (χ4v) is 4.10. The second kappa shape index (κ2) is 7.67. The molecule has 0 bridgehead atoms. The van der Waals surface area contributed by atoms with E-state index in [1.54, 1.807) is 20.8 Å². The zero-order valence-electron chi connectivity index (χ0n) is 16.3. The third kappa shape index (κ3) is 5.53. The van der Waals surface area contributed by atoms with Crippen LogP contribution in [-0.4, -0.2) is 41.6 Å². The number of fused-ring (bicyclic) bond motifs is 1. The number of hydrogen-bond donors (Lipinski definition) is 2. The van der Waals surface area contributed by atoms with Crippen molar-refractivity contribution in [2.45, 2.75) is 69.7 Å². The molecule has 1 saturated carbocycles. The predicted molar refractivity (Wildman–Crippen MR) is 101 cm³/mol. The van der Waals surface area contributed by atoms with Crippen molar-refractivity contribution in [1.82, 2.24) is 14.7 Å². The summed E-state index contributed by atoms with van der Waals surface area (Å²) < 4.78 is 73.2. The van der Waals surface area contributed by atoms with Gasteiger partial charge in [0.15, 0.2) is 0 Å².